The van der Waals surface area contributed by atoms with E-state index in [9.17, 15) is 4.79 Å². The van der Waals surface area contributed by atoms with Gasteiger partial charge in [-0.1, -0.05) is 54.1 Å². The molecule has 1 aliphatic rings. The standard InChI is InChI=1S/C19H20ClNO/c1-14(15-7-9-18(20)10-8-15)21-12-11-17(13-19(21)22)16-5-3-2-4-6-16/h2-10,14,17H,11-13H2,1H3. The maximum Gasteiger partial charge on any atom is 0.223 e. The summed E-state index contributed by atoms with van der Waals surface area (Å²) in [4.78, 5) is 14.5. The second kappa shape index (κ2) is 6.53. The first-order valence-corrected chi connectivity index (χ1v) is 8.13. The van der Waals surface area contributed by atoms with E-state index in [1.165, 1.54) is 5.56 Å². The van der Waals surface area contributed by atoms with Crippen molar-refractivity contribution in [3.63, 3.8) is 0 Å². The average Bonchev–Trinajstić information content (AvgIpc) is 2.56. The van der Waals surface area contributed by atoms with E-state index in [0.717, 1.165) is 23.6 Å². The first-order valence-electron chi connectivity index (χ1n) is 7.75. The fourth-order valence-electron chi connectivity index (χ4n) is 3.19. The van der Waals surface area contributed by atoms with Gasteiger partial charge >= 0.3 is 0 Å². The molecule has 3 heteroatoms. The van der Waals surface area contributed by atoms with Crippen LogP contribution in [0.4, 0.5) is 0 Å². The van der Waals surface area contributed by atoms with Crippen LogP contribution in [0.2, 0.25) is 5.02 Å². The molecule has 3 rings (SSSR count). The summed E-state index contributed by atoms with van der Waals surface area (Å²) >= 11 is 5.94. The number of likely N-dealkylation sites (tertiary alicyclic amines) is 1. The van der Waals surface area contributed by atoms with Crippen molar-refractivity contribution in [1.82, 2.24) is 4.90 Å². The molecule has 0 spiro atoms. The van der Waals surface area contributed by atoms with E-state index in [2.05, 4.69) is 19.1 Å². The van der Waals surface area contributed by atoms with Gasteiger partial charge in [-0.3, -0.25) is 4.79 Å². The molecule has 2 atom stereocenters. The lowest BCUT2D eigenvalue weighted by Crippen LogP contribution is -2.39. The van der Waals surface area contributed by atoms with E-state index >= 15 is 0 Å². The maximum absolute atomic E-state index is 12.6. The number of hydrogen-bond acceptors (Lipinski definition) is 1. The van der Waals surface area contributed by atoms with Crippen molar-refractivity contribution in [3.05, 3.63) is 70.7 Å². The van der Waals surface area contributed by atoms with Gasteiger partial charge in [-0.2, -0.15) is 0 Å². The van der Waals surface area contributed by atoms with Crippen LogP contribution in [0.25, 0.3) is 0 Å². The Balaban J connectivity index is 1.70. The van der Waals surface area contributed by atoms with Crippen LogP contribution in [-0.2, 0) is 4.79 Å². The zero-order valence-corrected chi connectivity index (χ0v) is 13.5. The minimum absolute atomic E-state index is 0.0986. The summed E-state index contributed by atoms with van der Waals surface area (Å²) in [6.07, 6.45) is 1.62. The highest BCUT2D eigenvalue weighted by molar-refractivity contribution is 6.30. The third-order valence-electron chi connectivity index (χ3n) is 4.55. The van der Waals surface area contributed by atoms with Crippen LogP contribution in [0.1, 0.15) is 42.9 Å². The highest BCUT2D eigenvalue weighted by Gasteiger charge is 2.30. The largest absolute Gasteiger partial charge is 0.336 e. The molecule has 1 heterocycles. The summed E-state index contributed by atoms with van der Waals surface area (Å²) in [5.41, 5.74) is 2.41. The fraction of sp³-hybridized carbons (Fsp3) is 0.316. The maximum atomic E-state index is 12.6. The predicted octanol–water partition coefficient (Wildman–Crippen LogP) is 4.81. The summed E-state index contributed by atoms with van der Waals surface area (Å²) in [6, 6.07) is 18.2. The Morgan fingerprint density at radius 3 is 2.41 bits per heavy atom. The van der Waals surface area contributed by atoms with Crippen molar-refractivity contribution < 1.29 is 4.79 Å². The first kappa shape index (κ1) is 15.1. The van der Waals surface area contributed by atoms with Gasteiger partial charge in [0, 0.05) is 18.0 Å². The summed E-state index contributed by atoms with van der Waals surface area (Å²) in [5.74, 6) is 0.588. The van der Waals surface area contributed by atoms with Crippen molar-refractivity contribution in [3.8, 4) is 0 Å². The molecule has 0 aliphatic carbocycles. The Hall–Kier alpha value is -1.80. The lowest BCUT2D eigenvalue weighted by atomic mass is 9.88. The van der Waals surface area contributed by atoms with Crippen LogP contribution in [0.3, 0.4) is 0 Å². The van der Waals surface area contributed by atoms with Crippen molar-refractivity contribution in [2.45, 2.75) is 31.7 Å². The summed E-state index contributed by atoms with van der Waals surface area (Å²) in [5, 5.41) is 0.727. The van der Waals surface area contributed by atoms with E-state index in [1.54, 1.807) is 0 Å². The van der Waals surface area contributed by atoms with Gasteiger partial charge in [-0.25, -0.2) is 0 Å². The van der Waals surface area contributed by atoms with Crippen LogP contribution in [0.5, 0.6) is 0 Å². The number of benzene rings is 2. The lowest BCUT2D eigenvalue weighted by Gasteiger charge is -2.36. The predicted molar refractivity (Wildman–Crippen MR) is 90.0 cm³/mol. The molecule has 1 saturated heterocycles. The third kappa shape index (κ3) is 3.17. The molecule has 1 fully saturated rings. The van der Waals surface area contributed by atoms with Gasteiger partial charge in [0.1, 0.15) is 0 Å². The quantitative estimate of drug-likeness (QED) is 0.796. The molecule has 1 amide bonds. The van der Waals surface area contributed by atoms with Crippen LogP contribution >= 0.6 is 11.6 Å². The summed E-state index contributed by atoms with van der Waals surface area (Å²) < 4.78 is 0. The van der Waals surface area contributed by atoms with Crippen molar-refractivity contribution in [1.29, 1.82) is 0 Å². The van der Waals surface area contributed by atoms with Crippen LogP contribution < -0.4 is 0 Å². The molecule has 0 radical (unpaired) electrons. The molecule has 1 aliphatic heterocycles. The van der Waals surface area contributed by atoms with Crippen LogP contribution in [-0.4, -0.2) is 17.4 Å². The summed E-state index contributed by atoms with van der Waals surface area (Å²) in [6.45, 7) is 2.90. The number of piperidine rings is 1. The number of carbonyl (C=O) groups is 1. The molecule has 0 N–H and O–H groups in total. The van der Waals surface area contributed by atoms with Gasteiger partial charge in [0.25, 0.3) is 0 Å². The topological polar surface area (TPSA) is 20.3 Å². The van der Waals surface area contributed by atoms with E-state index < -0.39 is 0 Å². The number of halogens is 1. The first-order chi connectivity index (χ1) is 10.6. The SMILES string of the molecule is CC(c1ccc(Cl)cc1)N1CCC(c2ccccc2)CC1=O. The molecule has 2 aromatic carbocycles. The van der Waals surface area contributed by atoms with E-state index in [-0.39, 0.29) is 11.9 Å². The van der Waals surface area contributed by atoms with Crippen molar-refractivity contribution >= 4 is 17.5 Å². The third-order valence-corrected chi connectivity index (χ3v) is 4.80. The smallest absolute Gasteiger partial charge is 0.223 e. The monoisotopic (exact) mass is 313 g/mol. The zero-order chi connectivity index (χ0) is 15.5. The lowest BCUT2D eigenvalue weighted by molar-refractivity contribution is -0.136. The average molecular weight is 314 g/mol. The molecule has 2 aromatic rings. The van der Waals surface area contributed by atoms with Gasteiger partial charge in [-0.15, -0.1) is 0 Å². The normalized spacial score (nSPS) is 20.0. The fourth-order valence-corrected chi connectivity index (χ4v) is 3.32. The van der Waals surface area contributed by atoms with Crippen molar-refractivity contribution in [2.75, 3.05) is 6.54 Å². The minimum Gasteiger partial charge on any atom is -0.336 e. The number of hydrogen-bond donors (Lipinski definition) is 0. The number of carbonyl (C=O) groups excluding carboxylic acids is 1. The zero-order valence-electron chi connectivity index (χ0n) is 12.7. The highest BCUT2D eigenvalue weighted by atomic mass is 35.5. The van der Waals surface area contributed by atoms with Gasteiger partial charge in [0.2, 0.25) is 5.91 Å². The molecule has 0 saturated carbocycles. The van der Waals surface area contributed by atoms with E-state index in [1.807, 2.05) is 47.4 Å². The van der Waals surface area contributed by atoms with E-state index in [0.29, 0.717) is 12.3 Å². The van der Waals surface area contributed by atoms with Crippen LogP contribution in [0.15, 0.2) is 54.6 Å². The molecule has 2 nitrogen and oxygen atoms in total. The number of nitrogens with zero attached hydrogens (tertiary/aromatic N) is 1. The Bertz CT molecular complexity index is 638. The van der Waals surface area contributed by atoms with Gasteiger partial charge in [-0.05, 0) is 42.5 Å². The molecular weight excluding hydrogens is 294 g/mol. The van der Waals surface area contributed by atoms with Gasteiger partial charge in [0.15, 0.2) is 0 Å². The summed E-state index contributed by atoms with van der Waals surface area (Å²) in [7, 11) is 0. The molecule has 22 heavy (non-hydrogen) atoms. The minimum atomic E-state index is 0.0986. The second-order valence-corrected chi connectivity index (χ2v) is 6.35. The number of amides is 1. The van der Waals surface area contributed by atoms with E-state index in [4.69, 9.17) is 11.6 Å². The van der Waals surface area contributed by atoms with Gasteiger partial charge in [0.05, 0.1) is 6.04 Å². The molecule has 0 bridgehead atoms. The molecule has 0 aromatic heterocycles. The Kier molecular flexibility index (Phi) is 4.49. The Labute approximate surface area is 136 Å². The highest BCUT2D eigenvalue weighted by Crippen LogP contribution is 2.33. The Morgan fingerprint density at radius 1 is 1.09 bits per heavy atom. The second-order valence-electron chi connectivity index (χ2n) is 5.92. The molecule has 114 valence electrons. The van der Waals surface area contributed by atoms with Crippen LogP contribution in [0, 0.1) is 0 Å². The molecule has 2 unspecified atom stereocenters. The number of rotatable bonds is 3. The Morgan fingerprint density at radius 2 is 1.77 bits per heavy atom. The van der Waals surface area contributed by atoms with Gasteiger partial charge < -0.3 is 4.90 Å². The van der Waals surface area contributed by atoms with Crippen molar-refractivity contribution in [2.24, 2.45) is 0 Å². The molecular formula is C19H20ClNO.